The number of nitrogens with one attached hydrogen (secondary N) is 1. The molecule has 1 N–H and O–H groups in total. The molecule has 9 heteroatoms. The van der Waals surface area contributed by atoms with Crippen molar-refractivity contribution in [1.29, 1.82) is 0 Å². The van der Waals surface area contributed by atoms with E-state index in [2.05, 4.69) is 19.2 Å². The summed E-state index contributed by atoms with van der Waals surface area (Å²) in [5.74, 6) is -0.778. The molecule has 2 heterocycles. The normalized spacial score (nSPS) is 30.2. The molecule has 2 aromatic carbocycles. The first kappa shape index (κ1) is 30.3. The van der Waals surface area contributed by atoms with Gasteiger partial charge in [-0.25, -0.2) is 0 Å². The Bertz CT molecular complexity index is 1540. The topological polar surface area (TPSA) is 64.6 Å². The van der Waals surface area contributed by atoms with Crippen molar-refractivity contribution in [3.63, 3.8) is 0 Å². The van der Waals surface area contributed by atoms with Crippen molar-refractivity contribution in [3.8, 4) is 5.75 Å². The van der Waals surface area contributed by atoms with E-state index in [0.717, 1.165) is 57.1 Å². The van der Waals surface area contributed by atoms with Gasteiger partial charge >= 0.3 is 12.1 Å². The van der Waals surface area contributed by atoms with Gasteiger partial charge in [0.25, 0.3) is 5.91 Å². The van der Waals surface area contributed by atoms with Gasteiger partial charge in [-0.05, 0) is 43.7 Å². The molecule has 45 heavy (non-hydrogen) atoms. The highest BCUT2D eigenvalue weighted by Gasteiger charge is 2.68. The number of hydrogen-bond donors (Lipinski definition) is 1. The summed E-state index contributed by atoms with van der Waals surface area (Å²) < 4.78 is 56.7. The number of carbonyl (C=O) groups excluding carboxylic acids is 2. The van der Waals surface area contributed by atoms with Crippen molar-refractivity contribution in [1.82, 2.24) is 0 Å². The Morgan fingerprint density at radius 2 is 1.84 bits per heavy atom. The second-order valence-electron chi connectivity index (χ2n) is 14.4. The van der Waals surface area contributed by atoms with Crippen LogP contribution in [0.2, 0.25) is 0 Å². The number of esters is 1. The minimum atomic E-state index is -5.09. The number of hydrogen-bond acceptors (Lipinski definition) is 4. The number of halogens is 3. The third-order valence-electron chi connectivity index (χ3n) is 11.1. The van der Waals surface area contributed by atoms with E-state index < -0.39 is 29.4 Å². The van der Waals surface area contributed by atoms with Crippen molar-refractivity contribution in [3.05, 3.63) is 64.7 Å². The molecule has 3 aliphatic carbocycles. The van der Waals surface area contributed by atoms with E-state index in [1.165, 1.54) is 60.2 Å². The number of amides is 1. The molecule has 5 aliphatic rings. The third kappa shape index (κ3) is 5.06. The van der Waals surface area contributed by atoms with E-state index in [1.54, 1.807) is 12.1 Å². The molecule has 1 amide bonds. The molecule has 2 bridgehead atoms. The molecular formula is C36H42F3N2O4+. The average molecular weight is 624 g/mol. The highest BCUT2D eigenvalue weighted by molar-refractivity contribution is 6.10. The number of ether oxygens (including phenoxy) is 2. The Hall–Kier alpha value is -3.33. The summed E-state index contributed by atoms with van der Waals surface area (Å²) in [7, 11) is 0. The van der Waals surface area contributed by atoms with E-state index in [-0.39, 0.29) is 22.8 Å². The molecule has 5 atom stereocenters. The van der Waals surface area contributed by atoms with Crippen LogP contribution in [0.4, 0.5) is 18.9 Å². The zero-order valence-electron chi connectivity index (χ0n) is 26.2. The molecule has 6 nitrogen and oxygen atoms in total. The monoisotopic (exact) mass is 623 g/mol. The smallest absolute Gasteiger partial charge is 0.425 e. The fourth-order valence-electron chi connectivity index (χ4n) is 9.58. The predicted octanol–water partition coefficient (Wildman–Crippen LogP) is 7.17. The number of alkyl halides is 3. The fraction of sp³-hybridized carbons (Fsp3) is 0.556. The van der Waals surface area contributed by atoms with E-state index in [1.807, 2.05) is 6.07 Å². The summed E-state index contributed by atoms with van der Waals surface area (Å²) in [6, 6.07) is 11.7. The Kier molecular flexibility index (Phi) is 7.34. The maximum absolute atomic E-state index is 14.6. The molecule has 3 fully saturated rings. The number of rotatable bonds is 8. The molecule has 1 unspecified atom stereocenters. The van der Waals surface area contributed by atoms with Gasteiger partial charge < -0.3 is 19.3 Å². The predicted molar refractivity (Wildman–Crippen MR) is 164 cm³/mol. The van der Waals surface area contributed by atoms with Crippen LogP contribution in [-0.4, -0.2) is 54.3 Å². The lowest BCUT2D eigenvalue weighted by atomic mass is 9.51. The zero-order valence-corrected chi connectivity index (χ0v) is 26.2. The molecule has 2 aromatic rings. The molecule has 7 rings (SSSR count). The van der Waals surface area contributed by atoms with Crippen molar-refractivity contribution >= 4 is 23.3 Å². The van der Waals surface area contributed by atoms with Crippen LogP contribution in [0.15, 0.2) is 48.0 Å². The van der Waals surface area contributed by atoms with Crippen LogP contribution in [0.1, 0.15) is 76.0 Å². The van der Waals surface area contributed by atoms with Gasteiger partial charge in [-0.3, -0.25) is 9.59 Å². The van der Waals surface area contributed by atoms with Crippen LogP contribution in [0, 0.1) is 17.8 Å². The Balaban J connectivity index is 1.29. The zero-order chi connectivity index (χ0) is 31.7. The molecule has 1 spiro atoms. The average Bonchev–Trinajstić information content (AvgIpc) is 3.72. The lowest BCUT2D eigenvalue weighted by Gasteiger charge is -2.62. The highest BCUT2D eigenvalue weighted by Crippen LogP contribution is 2.65. The largest absolute Gasteiger partial charge is 0.487 e. The van der Waals surface area contributed by atoms with E-state index in [9.17, 15) is 22.8 Å². The maximum Gasteiger partial charge on any atom is 0.425 e. The summed E-state index contributed by atoms with van der Waals surface area (Å²) in [4.78, 5) is 25.5. The number of benzene rings is 2. The first-order valence-corrected chi connectivity index (χ1v) is 16.5. The second kappa shape index (κ2) is 10.9. The number of anilines is 1. The van der Waals surface area contributed by atoms with Crippen LogP contribution < -0.4 is 10.1 Å². The van der Waals surface area contributed by atoms with E-state index in [0.29, 0.717) is 23.6 Å². The fourth-order valence-corrected chi connectivity index (χ4v) is 9.58. The van der Waals surface area contributed by atoms with E-state index >= 15 is 0 Å². The van der Waals surface area contributed by atoms with Gasteiger partial charge in [-0.1, -0.05) is 50.2 Å². The first-order chi connectivity index (χ1) is 21.4. The molecule has 240 valence electrons. The van der Waals surface area contributed by atoms with Crippen LogP contribution in [0.25, 0.3) is 5.76 Å². The molecule has 2 saturated carbocycles. The van der Waals surface area contributed by atoms with Crippen molar-refractivity contribution in [2.75, 3.05) is 25.0 Å². The Morgan fingerprint density at radius 3 is 2.51 bits per heavy atom. The molecule has 2 aliphatic heterocycles. The van der Waals surface area contributed by atoms with Gasteiger partial charge in [0.2, 0.25) is 0 Å². The number of carbonyl (C=O) groups is 2. The van der Waals surface area contributed by atoms with Crippen LogP contribution >= 0.6 is 0 Å². The molecule has 0 aromatic heterocycles. The lowest BCUT2D eigenvalue weighted by Crippen LogP contribution is -2.72. The standard InChI is InChI=1S/C36H41F3N2O4/c1-21(2)19-41(20-23-12-13-23)17-16-35-26-10-7-11-29(35)45-33-27(15-14-25(30(33)35)18-28(26)41)40-34(43)31(36(37,38)39)32(44-22(3)42)24-8-5-4-6-9-24/h4-6,8-9,14-15,21,23,26,28-29H,7,10-13,16-20H2,1-3H3/p+1/t26-,28+,29-,35+,41?/m0/s1. The summed E-state index contributed by atoms with van der Waals surface area (Å²) >= 11 is 0. The maximum atomic E-state index is 14.6. The highest BCUT2D eigenvalue weighted by atomic mass is 19.4. The van der Waals surface area contributed by atoms with E-state index in [4.69, 9.17) is 9.47 Å². The summed E-state index contributed by atoms with van der Waals surface area (Å²) in [5, 5.41) is 2.56. The molecule has 1 saturated heterocycles. The van der Waals surface area contributed by atoms with Gasteiger partial charge in [0, 0.05) is 48.6 Å². The minimum Gasteiger partial charge on any atom is -0.487 e. The van der Waals surface area contributed by atoms with Crippen LogP contribution in [-0.2, 0) is 26.2 Å². The van der Waals surface area contributed by atoms with Gasteiger partial charge in [0.05, 0.1) is 36.8 Å². The number of quaternary nitrogens is 1. The van der Waals surface area contributed by atoms with Gasteiger partial charge in [-0.2, -0.15) is 13.2 Å². The second-order valence-corrected chi connectivity index (χ2v) is 14.4. The SMILES string of the molecule is CC(=O)OC(=C(C(=O)Nc1ccc2c3c1O[C@H]1CCC[C@H]4[C@@H](C2)[N+](CC(C)C)(CC2CC2)CC[C@]314)C(F)(F)F)c1ccccc1. The minimum absolute atomic E-state index is 0.0170. The molecule has 0 radical (unpaired) electrons. The summed E-state index contributed by atoms with van der Waals surface area (Å²) in [5.41, 5.74) is 0.811. The van der Waals surface area contributed by atoms with Gasteiger partial charge in [-0.15, -0.1) is 0 Å². The number of nitrogens with zero attached hydrogens (tertiary/aromatic N) is 1. The van der Waals surface area contributed by atoms with Crippen LogP contribution in [0.3, 0.4) is 0 Å². The van der Waals surface area contributed by atoms with Gasteiger partial charge in [0.15, 0.2) is 11.3 Å². The lowest BCUT2D eigenvalue weighted by molar-refractivity contribution is -0.966. The quantitative estimate of drug-likeness (QED) is 0.147. The third-order valence-corrected chi connectivity index (χ3v) is 11.1. The van der Waals surface area contributed by atoms with Crippen molar-refractivity contribution < 1.29 is 36.7 Å². The first-order valence-electron chi connectivity index (χ1n) is 16.5. The van der Waals surface area contributed by atoms with Gasteiger partial charge in [0.1, 0.15) is 11.9 Å². The number of likely N-dealkylation sites (tertiary alicyclic amines) is 1. The van der Waals surface area contributed by atoms with Crippen molar-refractivity contribution in [2.24, 2.45) is 17.8 Å². The summed E-state index contributed by atoms with van der Waals surface area (Å²) in [6.07, 6.45) is 2.53. The summed E-state index contributed by atoms with van der Waals surface area (Å²) in [6.45, 7) is 9.19. The van der Waals surface area contributed by atoms with Crippen molar-refractivity contribution in [2.45, 2.75) is 89.5 Å². The Labute approximate surface area is 262 Å². The molecular weight excluding hydrogens is 581 g/mol. The Morgan fingerprint density at radius 1 is 1.09 bits per heavy atom. The number of piperidine rings is 1. The van der Waals surface area contributed by atoms with Crippen LogP contribution in [0.5, 0.6) is 5.75 Å².